The van der Waals surface area contributed by atoms with Crippen molar-refractivity contribution in [2.75, 3.05) is 32.8 Å². The number of fused-ring (bicyclic) bond motifs is 2. The van der Waals surface area contributed by atoms with E-state index in [1.165, 1.54) is 0 Å². The number of ether oxygens (including phenoxy) is 2. The largest absolute Gasteiger partial charge is 0.465 e. The van der Waals surface area contributed by atoms with Gasteiger partial charge in [-0.15, -0.1) is 0 Å². The van der Waals surface area contributed by atoms with E-state index in [4.69, 9.17) is 14.6 Å². The number of hydrogen-bond acceptors (Lipinski definition) is 6. The minimum atomic E-state index is -1.21. The maximum Gasteiger partial charge on any atom is 0.313 e. The maximum atomic E-state index is 13.9. The van der Waals surface area contributed by atoms with Gasteiger partial charge in [-0.1, -0.05) is 37.6 Å². The summed E-state index contributed by atoms with van der Waals surface area (Å²) < 4.78 is 12.2. The van der Waals surface area contributed by atoms with E-state index in [9.17, 15) is 14.4 Å². The first-order valence-electron chi connectivity index (χ1n) is 12.3. The van der Waals surface area contributed by atoms with Crippen molar-refractivity contribution in [2.24, 2.45) is 11.8 Å². The van der Waals surface area contributed by atoms with Gasteiger partial charge >= 0.3 is 5.97 Å². The molecule has 1 N–H and O–H groups in total. The Labute approximate surface area is 195 Å². The monoisotopic (exact) mass is 460 g/mol. The molecule has 2 amide bonds. The van der Waals surface area contributed by atoms with Gasteiger partial charge in [0.1, 0.15) is 17.6 Å². The van der Waals surface area contributed by atoms with Crippen LogP contribution < -0.4 is 0 Å². The molecule has 182 valence electrons. The molecular formula is C25H36N2O6. The SMILES string of the molecule is CCCCN1CC=C[C@]23O[C@]4(C)C=CCCOC(=O)[C@@H]4[C@H]2C(=O)N(CCCCCO)C3C1=O. The van der Waals surface area contributed by atoms with Crippen molar-refractivity contribution in [2.45, 2.75) is 69.6 Å². The number of likely N-dealkylation sites (tertiary alicyclic amines) is 1. The van der Waals surface area contributed by atoms with Crippen LogP contribution in [0.2, 0.25) is 0 Å². The van der Waals surface area contributed by atoms with Gasteiger partial charge in [-0.25, -0.2) is 0 Å². The van der Waals surface area contributed by atoms with Crippen molar-refractivity contribution in [1.82, 2.24) is 9.80 Å². The molecule has 4 rings (SSSR count). The molecule has 0 saturated carbocycles. The average molecular weight is 461 g/mol. The summed E-state index contributed by atoms with van der Waals surface area (Å²) in [5.41, 5.74) is -2.23. The highest BCUT2D eigenvalue weighted by Gasteiger charge is 2.74. The minimum Gasteiger partial charge on any atom is -0.465 e. The highest BCUT2D eigenvalue weighted by molar-refractivity contribution is 5.99. The Balaban J connectivity index is 1.76. The Morgan fingerprint density at radius 2 is 1.85 bits per heavy atom. The van der Waals surface area contributed by atoms with Crippen LogP contribution in [0.4, 0.5) is 0 Å². The van der Waals surface area contributed by atoms with Crippen molar-refractivity contribution >= 4 is 17.8 Å². The maximum absolute atomic E-state index is 13.9. The summed E-state index contributed by atoms with van der Waals surface area (Å²) in [5, 5.41) is 9.13. The van der Waals surface area contributed by atoms with E-state index in [0.29, 0.717) is 38.9 Å². The van der Waals surface area contributed by atoms with Gasteiger partial charge in [0.05, 0.1) is 18.1 Å². The van der Waals surface area contributed by atoms with Crippen LogP contribution in [-0.2, 0) is 23.9 Å². The molecule has 4 aliphatic heterocycles. The van der Waals surface area contributed by atoms with E-state index in [2.05, 4.69) is 6.92 Å². The number of carbonyl (C=O) groups excluding carboxylic acids is 3. The molecule has 4 heterocycles. The van der Waals surface area contributed by atoms with Crippen LogP contribution in [0.15, 0.2) is 24.3 Å². The first-order valence-corrected chi connectivity index (χ1v) is 12.3. The number of carbonyl (C=O) groups is 3. The number of nitrogens with zero attached hydrogens (tertiary/aromatic N) is 2. The van der Waals surface area contributed by atoms with Gasteiger partial charge in [-0.2, -0.15) is 0 Å². The van der Waals surface area contributed by atoms with Crippen LogP contribution in [0.5, 0.6) is 0 Å². The number of unbranched alkanes of at least 4 members (excludes halogenated alkanes) is 3. The predicted molar refractivity (Wildman–Crippen MR) is 121 cm³/mol. The molecule has 0 aromatic carbocycles. The fraction of sp³-hybridized carbons (Fsp3) is 0.720. The Bertz CT molecular complexity index is 841. The molecule has 0 aromatic heterocycles. The summed E-state index contributed by atoms with van der Waals surface area (Å²) in [5.74, 6) is -2.41. The molecule has 0 radical (unpaired) electrons. The predicted octanol–water partition coefficient (Wildman–Crippen LogP) is 1.82. The van der Waals surface area contributed by atoms with Crippen LogP contribution in [0, 0.1) is 11.8 Å². The number of rotatable bonds is 8. The van der Waals surface area contributed by atoms with Crippen molar-refractivity contribution in [3.63, 3.8) is 0 Å². The summed E-state index contributed by atoms with van der Waals surface area (Å²) in [4.78, 5) is 44.3. The third-order valence-electron chi connectivity index (χ3n) is 7.44. The number of aliphatic hydroxyl groups is 1. The third-order valence-corrected chi connectivity index (χ3v) is 7.44. The summed E-state index contributed by atoms with van der Waals surface area (Å²) in [7, 11) is 0. The highest BCUT2D eigenvalue weighted by atomic mass is 16.6. The van der Waals surface area contributed by atoms with Gasteiger partial charge in [0, 0.05) is 26.2 Å². The number of esters is 1. The molecular weight excluding hydrogens is 424 g/mol. The van der Waals surface area contributed by atoms with E-state index in [0.717, 1.165) is 19.3 Å². The molecule has 1 spiro atoms. The summed E-state index contributed by atoms with van der Waals surface area (Å²) in [6, 6.07) is -0.814. The molecule has 4 aliphatic rings. The zero-order valence-corrected chi connectivity index (χ0v) is 19.7. The fourth-order valence-corrected chi connectivity index (χ4v) is 5.90. The van der Waals surface area contributed by atoms with E-state index >= 15 is 0 Å². The summed E-state index contributed by atoms with van der Waals surface area (Å²) in [6.07, 6.45) is 12.1. The molecule has 1 unspecified atom stereocenters. The quantitative estimate of drug-likeness (QED) is 0.337. The minimum absolute atomic E-state index is 0.0954. The molecule has 2 saturated heterocycles. The number of aliphatic hydroxyl groups excluding tert-OH is 1. The second-order valence-corrected chi connectivity index (χ2v) is 9.71. The molecule has 8 nitrogen and oxygen atoms in total. The molecule has 0 aliphatic carbocycles. The lowest BCUT2D eigenvalue weighted by atomic mass is 9.74. The average Bonchev–Trinajstić information content (AvgIpc) is 3.10. The van der Waals surface area contributed by atoms with Crippen molar-refractivity contribution < 1.29 is 29.0 Å². The lowest BCUT2D eigenvalue weighted by Crippen LogP contribution is -2.56. The Hall–Kier alpha value is -2.19. The summed E-state index contributed by atoms with van der Waals surface area (Å²) >= 11 is 0. The van der Waals surface area contributed by atoms with Crippen LogP contribution in [0.1, 0.15) is 52.4 Å². The van der Waals surface area contributed by atoms with Crippen LogP contribution in [0.3, 0.4) is 0 Å². The van der Waals surface area contributed by atoms with Gasteiger partial charge in [0.15, 0.2) is 0 Å². The molecule has 8 heteroatoms. The van der Waals surface area contributed by atoms with Gasteiger partial charge in [-0.05, 0) is 39.0 Å². The number of cyclic esters (lactones) is 1. The van der Waals surface area contributed by atoms with Gasteiger partial charge in [0.25, 0.3) is 0 Å². The lowest BCUT2D eigenvalue weighted by Gasteiger charge is -2.37. The topological polar surface area (TPSA) is 96.4 Å². The van der Waals surface area contributed by atoms with E-state index < -0.39 is 35.0 Å². The normalized spacial score (nSPS) is 35.6. The molecule has 33 heavy (non-hydrogen) atoms. The summed E-state index contributed by atoms with van der Waals surface area (Å²) in [6.45, 7) is 5.73. The van der Waals surface area contributed by atoms with Gasteiger partial charge < -0.3 is 24.4 Å². The number of hydrogen-bond donors (Lipinski definition) is 1. The first kappa shape index (κ1) is 24.0. The van der Waals surface area contributed by atoms with E-state index in [-0.39, 0.29) is 25.0 Å². The molecule has 0 aromatic rings. The zero-order valence-electron chi connectivity index (χ0n) is 19.7. The first-order chi connectivity index (χ1) is 15.9. The zero-order chi connectivity index (χ0) is 23.6. The Morgan fingerprint density at radius 3 is 2.61 bits per heavy atom. The third kappa shape index (κ3) is 4.01. The van der Waals surface area contributed by atoms with E-state index in [1.807, 2.05) is 31.2 Å². The lowest BCUT2D eigenvalue weighted by molar-refractivity contribution is -0.160. The molecule has 2 fully saturated rings. The van der Waals surface area contributed by atoms with Crippen molar-refractivity contribution in [3.8, 4) is 0 Å². The van der Waals surface area contributed by atoms with Gasteiger partial charge in [-0.3, -0.25) is 14.4 Å². The Kier molecular flexibility index (Phi) is 6.96. The second kappa shape index (κ2) is 9.58. The van der Waals surface area contributed by atoms with E-state index in [1.54, 1.807) is 9.80 Å². The van der Waals surface area contributed by atoms with Crippen LogP contribution in [0.25, 0.3) is 0 Å². The fourth-order valence-electron chi connectivity index (χ4n) is 5.90. The van der Waals surface area contributed by atoms with Gasteiger partial charge in [0.2, 0.25) is 11.8 Å². The number of amides is 2. The molecule has 0 bridgehead atoms. The smallest absolute Gasteiger partial charge is 0.313 e. The highest BCUT2D eigenvalue weighted by Crippen LogP contribution is 2.57. The standard InChI is InChI=1S/C25H36N2O6/c1-3-4-13-26-14-10-12-25-18(19-23(31)32-17-9-6-11-24(19,2)33-25)21(29)27(20(25)22(26)30)15-7-5-8-16-28/h6,10-12,18-20,28H,3-5,7-9,13-17H2,1-2H3/t18-,19-,20?,24+,25-/m0/s1. The Morgan fingerprint density at radius 1 is 1.03 bits per heavy atom. The van der Waals surface area contributed by atoms with Crippen LogP contribution in [-0.4, -0.2) is 82.8 Å². The van der Waals surface area contributed by atoms with Crippen molar-refractivity contribution in [3.05, 3.63) is 24.3 Å². The second-order valence-electron chi connectivity index (χ2n) is 9.71. The molecule has 5 atom stereocenters. The van der Waals surface area contributed by atoms with Crippen molar-refractivity contribution in [1.29, 1.82) is 0 Å². The van der Waals surface area contributed by atoms with Crippen LogP contribution >= 0.6 is 0 Å².